The zero-order valence-electron chi connectivity index (χ0n) is 16.7. The summed E-state index contributed by atoms with van der Waals surface area (Å²) in [4.78, 5) is 36.4. The first kappa shape index (κ1) is 22.2. The minimum atomic E-state index is -2.24. The third-order valence-corrected chi connectivity index (χ3v) is 4.78. The second kappa shape index (κ2) is 9.55. The van der Waals surface area contributed by atoms with E-state index in [0.717, 1.165) is 6.92 Å². The maximum Gasteiger partial charge on any atom is 0.338 e. The van der Waals surface area contributed by atoms with Crippen LogP contribution >= 0.6 is 0 Å². The lowest BCUT2D eigenvalue weighted by Crippen LogP contribution is -2.63. The largest absolute Gasteiger partial charge is 0.459 e. The highest BCUT2D eigenvalue weighted by Crippen LogP contribution is 2.31. The van der Waals surface area contributed by atoms with E-state index < -0.39 is 48.4 Å². The number of benzene rings is 2. The average Bonchev–Trinajstić information content (AvgIpc) is 2.78. The van der Waals surface area contributed by atoms with Crippen molar-refractivity contribution in [1.29, 1.82) is 0 Å². The Bertz CT molecular complexity index is 956. The lowest BCUT2D eigenvalue weighted by molar-refractivity contribution is -0.205. The number of ether oxygens (including phenoxy) is 3. The normalized spacial score (nSPS) is 24.8. The first-order valence-corrected chi connectivity index (χ1v) is 9.55. The van der Waals surface area contributed by atoms with Gasteiger partial charge in [-0.3, -0.25) is 4.79 Å². The predicted molar refractivity (Wildman–Crippen MR) is 108 cm³/mol. The van der Waals surface area contributed by atoms with Crippen LogP contribution in [0.25, 0.3) is 0 Å². The van der Waals surface area contributed by atoms with Gasteiger partial charge < -0.3 is 24.4 Å². The summed E-state index contributed by atoms with van der Waals surface area (Å²) in [6, 6.07) is 16.2. The molecule has 0 saturated carbocycles. The Morgan fingerprint density at radius 3 is 1.97 bits per heavy atom. The van der Waals surface area contributed by atoms with E-state index >= 15 is 0 Å². The van der Waals surface area contributed by atoms with Gasteiger partial charge in [0.25, 0.3) is 0 Å². The summed E-state index contributed by atoms with van der Waals surface area (Å²) in [5.41, 5.74) is -1.75. The lowest BCUT2D eigenvalue weighted by Gasteiger charge is -2.42. The van der Waals surface area contributed by atoms with Gasteiger partial charge >= 0.3 is 17.9 Å². The summed E-state index contributed by atoms with van der Waals surface area (Å²) in [5.74, 6) is -2.23. The molecule has 2 aromatic carbocycles. The van der Waals surface area contributed by atoms with E-state index in [1.807, 2.05) is 0 Å². The van der Waals surface area contributed by atoms with Crippen LogP contribution in [0, 0.1) is 0 Å². The molecule has 0 spiro atoms. The summed E-state index contributed by atoms with van der Waals surface area (Å²) in [5, 5.41) is 21.6. The summed E-state index contributed by atoms with van der Waals surface area (Å²) in [6.45, 7) is 0.404. The number of esters is 3. The molecule has 3 rings (SSSR count). The summed E-state index contributed by atoms with van der Waals surface area (Å²) in [7, 11) is 0. The van der Waals surface area contributed by atoms with Gasteiger partial charge in [0, 0.05) is 6.92 Å². The highest BCUT2D eigenvalue weighted by Gasteiger charge is 2.53. The van der Waals surface area contributed by atoms with Gasteiger partial charge in [-0.25, -0.2) is 9.59 Å². The third kappa shape index (κ3) is 5.17. The van der Waals surface area contributed by atoms with Crippen LogP contribution in [0.15, 0.2) is 72.8 Å². The smallest absolute Gasteiger partial charge is 0.338 e. The fraction of sp³-hybridized carbons (Fsp3) is 0.261. The van der Waals surface area contributed by atoms with E-state index in [9.17, 15) is 24.6 Å². The molecule has 0 aliphatic heterocycles. The molecule has 8 nitrogen and oxygen atoms in total. The SMILES string of the molecule is CC(=O)O[C@@H]1[C@@H](OC(=O)c2ccccc2)C=C[C@@H](O)[C@@]1(O)COC(=O)c1ccccc1. The molecule has 2 N–H and O–H groups in total. The van der Waals surface area contributed by atoms with Gasteiger partial charge in [-0.1, -0.05) is 42.5 Å². The molecule has 0 radical (unpaired) electrons. The molecule has 0 heterocycles. The Hall–Kier alpha value is -3.49. The van der Waals surface area contributed by atoms with Crippen LogP contribution in [-0.2, 0) is 19.0 Å². The van der Waals surface area contributed by atoms with Crippen LogP contribution in [0.5, 0.6) is 0 Å². The molecule has 4 atom stereocenters. The van der Waals surface area contributed by atoms with Crippen LogP contribution < -0.4 is 0 Å². The van der Waals surface area contributed by atoms with Gasteiger partial charge in [-0.2, -0.15) is 0 Å². The number of hydrogen-bond acceptors (Lipinski definition) is 8. The molecule has 2 aromatic rings. The molecular formula is C23H22O8. The number of aliphatic hydroxyl groups is 2. The van der Waals surface area contributed by atoms with E-state index in [0.29, 0.717) is 0 Å². The van der Waals surface area contributed by atoms with Crippen molar-refractivity contribution in [3.63, 3.8) is 0 Å². The number of aliphatic hydroxyl groups excluding tert-OH is 1. The zero-order valence-corrected chi connectivity index (χ0v) is 16.7. The topological polar surface area (TPSA) is 119 Å². The van der Waals surface area contributed by atoms with Crippen LogP contribution in [0.3, 0.4) is 0 Å². The van der Waals surface area contributed by atoms with Crippen LogP contribution in [0.4, 0.5) is 0 Å². The predicted octanol–water partition coefficient (Wildman–Crippen LogP) is 1.66. The van der Waals surface area contributed by atoms with E-state index in [1.54, 1.807) is 48.5 Å². The number of hydrogen-bond donors (Lipinski definition) is 2. The fourth-order valence-electron chi connectivity index (χ4n) is 3.16. The molecule has 1 aliphatic rings. The monoisotopic (exact) mass is 426 g/mol. The molecule has 0 bridgehead atoms. The van der Waals surface area contributed by atoms with E-state index in [-0.39, 0.29) is 11.1 Å². The molecule has 162 valence electrons. The number of carbonyl (C=O) groups is 3. The molecule has 0 fully saturated rings. The highest BCUT2D eigenvalue weighted by atomic mass is 16.6. The quantitative estimate of drug-likeness (QED) is 0.407. The maximum absolute atomic E-state index is 12.5. The Kier molecular flexibility index (Phi) is 6.84. The van der Waals surface area contributed by atoms with Gasteiger partial charge in [0.15, 0.2) is 17.8 Å². The van der Waals surface area contributed by atoms with E-state index in [2.05, 4.69) is 0 Å². The second-order valence-electron chi connectivity index (χ2n) is 7.03. The van der Waals surface area contributed by atoms with E-state index in [1.165, 1.54) is 24.3 Å². The molecule has 31 heavy (non-hydrogen) atoms. The molecule has 0 aromatic heterocycles. The standard InChI is InChI=1S/C23H22O8/c1-15(24)30-20-18(31-22(27)17-10-6-3-7-11-17)12-13-19(25)23(20,28)14-29-21(26)16-8-4-2-5-9-16/h2-13,18-20,25,28H,14H2,1H3/t18-,19+,20+,23-/m0/s1. The summed E-state index contributed by atoms with van der Waals surface area (Å²) < 4.78 is 15.8. The van der Waals surface area contributed by atoms with Crippen molar-refractivity contribution in [2.75, 3.05) is 6.61 Å². The van der Waals surface area contributed by atoms with Crippen molar-refractivity contribution in [2.24, 2.45) is 0 Å². The van der Waals surface area contributed by atoms with E-state index in [4.69, 9.17) is 14.2 Å². The van der Waals surface area contributed by atoms with Crippen molar-refractivity contribution in [2.45, 2.75) is 30.8 Å². The minimum Gasteiger partial charge on any atom is -0.459 e. The van der Waals surface area contributed by atoms with Crippen molar-refractivity contribution >= 4 is 17.9 Å². The van der Waals surface area contributed by atoms with Gasteiger partial charge in [-0.15, -0.1) is 0 Å². The average molecular weight is 426 g/mol. The Morgan fingerprint density at radius 1 is 0.871 bits per heavy atom. The van der Waals surface area contributed by atoms with Crippen LogP contribution in [-0.4, -0.2) is 58.6 Å². The van der Waals surface area contributed by atoms with Crippen molar-refractivity contribution in [3.05, 3.63) is 83.9 Å². The fourth-order valence-corrected chi connectivity index (χ4v) is 3.16. The van der Waals surface area contributed by atoms with Gasteiger partial charge in [0.1, 0.15) is 12.7 Å². The first-order chi connectivity index (χ1) is 14.8. The summed E-state index contributed by atoms with van der Waals surface area (Å²) in [6.07, 6.45) is -1.78. The number of carbonyl (C=O) groups excluding carboxylic acids is 3. The van der Waals surface area contributed by atoms with Crippen LogP contribution in [0.1, 0.15) is 27.6 Å². The van der Waals surface area contributed by atoms with Crippen LogP contribution in [0.2, 0.25) is 0 Å². The Morgan fingerprint density at radius 2 is 1.42 bits per heavy atom. The first-order valence-electron chi connectivity index (χ1n) is 9.55. The molecule has 1 aliphatic carbocycles. The van der Waals surface area contributed by atoms with Gasteiger partial charge in [-0.05, 0) is 30.3 Å². The lowest BCUT2D eigenvalue weighted by atomic mass is 9.82. The van der Waals surface area contributed by atoms with Gasteiger partial charge in [0.05, 0.1) is 11.1 Å². The van der Waals surface area contributed by atoms with Crippen molar-refractivity contribution < 1.29 is 38.8 Å². The minimum absolute atomic E-state index is 0.239. The molecule has 0 amide bonds. The van der Waals surface area contributed by atoms with Crippen molar-refractivity contribution in [1.82, 2.24) is 0 Å². The van der Waals surface area contributed by atoms with Gasteiger partial charge in [0.2, 0.25) is 0 Å². The molecule has 0 saturated heterocycles. The molecule has 8 heteroatoms. The third-order valence-electron chi connectivity index (χ3n) is 4.78. The second-order valence-corrected chi connectivity index (χ2v) is 7.03. The van der Waals surface area contributed by atoms with Crippen molar-refractivity contribution in [3.8, 4) is 0 Å². The Balaban J connectivity index is 1.81. The molecule has 0 unspecified atom stereocenters. The zero-order chi connectivity index (χ0) is 22.4. The summed E-state index contributed by atoms with van der Waals surface area (Å²) >= 11 is 0. The molecular weight excluding hydrogens is 404 g/mol. The highest BCUT2D eigenvalue weighted by molar-refractivity contribution is 5.90. The Labute approximate surface area is 178 Å². The maximum atomic E-state index is 12.5. The number of rotatable bonds is 6.